The molecule has 0 bridgehead atoms. The van der Waals surface area contributed by atoms with Crippen molar-refractivity contribution in [2.75, 3.05) is 13.6 Å². The predicted octanol–water partition coefficient (Wildman–Crippen LogP) is 3.15. The highest BCUT2D eigenvalue weighted by Gasteiger charge is 2.08. The smallest absolute Gasteiger partial charge is 0.191 e. The van der Waals surface area contributed by atoms with Crippen LogP contribution >= 0.6 is 0 Å². The molecule has 0 fully saturated rings. The Morgan fingerprint density at radius 3 is 2.50 bits per heavy atom. The number of aliphatic imine (C=N–C) groups is 1. The zero-order chi connectivity index (χ0) is 17.5. The van der Waals surface area contributed by atoms with E-state index >= 15 is 0 Å². The lowest BCUT2D eigenvalue weighted by molar-refractivity contribution is 0.498. The second kappa shape index (κ2) is 8.33. The zero-order valence-corrected chi connectivity index (χ0v) is 13.0. The van der Waals surface area contributed by atoms with Crippen LogP contribution in [0, 0.1) is 23.3 Å². The summed E-state index contributed by atoms with van der Waals surface area (Å²) in [5.74, 6) is -2.48. The van der Waals surface area contributed by atoms with Crippen LogP contribution < -0.4 is 10.6 Å². The van der Waals surface area contributed by atoms with Crippen LogP contribution in [0.25, 0.3) is 0 Å². The normalized spacial score (nSPS) is 11.5. The van der Waals surface area contributed by atoms with Crippen molar-refractivity contribution >= 4 is 5.96 Å². The second-order valence-electron chi connectivity index (χ2n) is 5.05. The van der Waals surface area contributed by atoms with E-state index in [2.05, 4.69) is 15.6 Å². The quantitative estimate of drug-likeness (QED) is 0.499. The molecule has 7 heteroatoms. The van der Waals surface area contributed by atoms with Gasteiger partial charge in [-0.15, -0.1) is 0 Å². The first-order chi connectivity index (χ1) is 11.5. The summed E-state index contributed by atoms with van der Waals surface area (Å²) in [5.41, 5.74) is 0.406. The van der Waals surface area contributed by atoms with Crippen molar-refractivity contribution in [1.29, 1.82) is 0 Å². The van der Waals surface area contributed by atoms with Gasteiger partial charge in [0.25, 0.3) is 0 Å². The van der Waals surface area contributed by atoms with Crippen LogP contribution in [-0.2, 0) is 13.0 Å². The Hall–Kier alpha value is -2.57. The van der Waals surface area contributed by atoms with Crippen molar-refractivity contribution in [3.8, 4) is 0 Å². The minimum atomic E-state index is -0.892. The van der Waals surface area contributed by atoms with E-state index < -0.39 is 23.3 Å². The number of hydrogen-bond acceptors (Lipinski definition) is 1. The Morgan fingerprint density at radius 1 is 0.958 bits per heavy atom. The van der Waals surface area contributed by atoms with Crippen molar-refractivity contribution in [2.45, 2.75) is 13.0 Å². The molecule has 2 aromatic carbocycles. The lowest BCUT2D eigenvalue weighted by atomic mass is 10.1. The molecule has 128 valence electrons. The summed E-state index contributed by atoms with van der Waals surface area (Å²) in [7, 11) is 1.51. The highest BCUT2D eigenvalue weighted by molar-refractivity contribution is 5.79. The number of nitrogens with one attached hydrogen (secondary N) is 2. The van der Waals surface area contributed by atoms with Crippen LogP contribution in [0.5, 0.6) is 0 Å². The molecule has 24 heavy (non-hydrogen) atoms. The van der Waals surface area contributed by atoms with E-state index in [9.17, 15) is 17.6 Å². The third-order valence-electron chi connectivity index (χ3n) is 3.40. The Bertz CT molecular complexity index is 732. The molecule has 0 aliphatic heterocycles. The molecule has 0 aromatic heterocycles. The van der Waals surface area contributed by atoms with Gasteiger partial charge in [-0.05, 0) is 36.2 Å². The van der Waals surface area contributed by atoms with Crippen molar-refractivity contribution in [3.05, 3.63) is 70.8 Å². The van der Waals surface area contributed by atoms with Gasteiger partial charge < -0.3 is 10.6 Å². The molecular weight excluding hydrogens is 322 g/mol. The predicted molar refractivity (Wildman–Crippen MR) is 84.6 cm³/mol. The lowest BCUT2D eigenvalue weighted by Gasteiger charge is -2.12. The summed E-state index contributed by atoms with van der Waals surface area (Å²) in [6, 6.07) is 7.18. The molecule has 0 unspecified atom stereocenters. The lowest BCUT2D eigenvalue weighted by Crippen LogP contribution is -2.38. The van der Waals surface area contributed by atoms with Gasteiger partial charge in [-0.25, -0.2) is 17.6 Å². The van der Waals surface area contributed by atoms with E-state index in [0.717, 1.165) is 24.3 Å². The van der Waals surface area contributed by atoms with Gasteiger partial charge in [-0.1, -0.05) is 12.1 Å². The molecule has 0 radical (unpaired) electrons. The monoisotopic (exact) mass is 339 g/mol. The van der Waals surface area contributed by atoms with E-state index in [-0.39, 0.29) is 24.1 Å². The maximum Gasteiger partial charge on any atom is 0.191 e. The van der Waals surface area contributed by atoms with Crippen LogP contribution in [-0.4, -0.2) is 19.6 Å². The van der Waals surface area contributed by atoms with Crippen LogP contribution in [0.3, 0.4) is 0 Å². The Kier molecular flexibility index (Phi) is 6.17. The summed E-state index contributed by atoms with van der Waals surface area (Å²) in [6.45, 7) is 0.337. The van der Waals surface area contributed by atoms with Gasteiger partial charge in [-0.3, -0.25) is 4.99 Å². The van der Waals surface area contributed by atoms with Crippen molar-refractivity contribution in [2.24, 2.45) is 4.99 Å². The maximum atomic E-state index is 13.5. The highest BCUT2D eigenvalue weighted by atomic mass is 19.2. The first kappa shape index (κ1) is 17.8. The van der Waals surface area contributed by atoms with Crippen LogP contribution in [0.1, 0.15) is 11.1 Å². The van der Waals surface area contributed by atoms with E-state index in [1.807, 2.05) is 0 Å². The summed E-state index contributed by atoms with van der Waals surface area (Å²) in [5, 5.41) is 5.73. The number of guanidine groups is 1. The van der Waals surface area contributed by atoms with E-state index in [1.54, 1.807) is 0 Å². The molecule has 3 nitrogen and oxygen atoms in total. The van der Waals surface area contributed by atoms with Crippen molar-refractivity contribution in [1.82, 2.24) is 10.6 Å². The average Bonchev–Trinajstić information content (AvgIpc) is 2.57. The number of halogens is 4. The third-order valence-corrected chi connectivity index (χ3v) is 3.40. The van der Waals surface area contributed by atoms with E-state index in [0.29, 0.717) is 12.5 Å². The van der Waals surface area contributed by atoms with Gasteiger partial charge in [0.15, 0.2) is 17.6 Å². The van der Waals surface area contributed by atoms with Gasteiger partial charge in [0, 0.05) is 25.7 Å². The average molecular weight is 339 g/mol. The number of hydrogen-bond donors (Lipinski definition) is 2. The van der Waals surface area contributed by atoms with Gasteiger partial charge in [-0.2, -0.15) is 0 Å². The van der Waals surface area contributed by atoms with Crippen LogP contribution in [0.2, 0.25) is 0 Å². The SMILES string of the molecule is CN=C(NCCc1cccc(F)c1F)NCc1cc(F)ccc1F. The van der Waals surface area contributed by atoms with Gasteiger partial charge in [0.2, 0.25) is 0 Å². The molecule has 2 aromatic rings. The zero-order valence-electron chi connectivity index (χ0n) is 13.0. The first-order valence-corrected chi connectivity index (χ1v) is 7.32. The standard InChI is InChI=1S/C17H17F4N3/c1-22-17(24-10-12-9-13(18)5-6-14(12)19)23-8-7-11-3-2-4-15(20)16(11)21/h2-6,9H,7-8,10H2,1H3,(H2,22,23,24). The van der Waals surface area contributed by atoms with E-state index in [1.165, 1.54) is 19.2 Å². The summed E-state index contributed by atoms with van der Waals surface area (Å²) in [6.07, 6.45) is 0.249. The van der Waals surface area contributed by atoms with Gasteiger partial charge in [0.1, 0.15) is 11.6 Å². The highest BCUT2D eigenvalue weighted by Crippen LogP contribution is 2.11. The fourth-order valence-corrected chi connectivity index (χ4v) is 2.14. The maximum absolute atomic E-state index is 13.5. The molecule has 0 spiro atoms. The number of nitrogens with zero attached hydrogens (tertiary/aromatic N) is 1. The van der Waals surface area contributed by atoms with Crippen molar-refractivity contribution in [3.63, 3.8) is 0 Å². The minimum absolute atomic E-state index is 0.0393. The van der Waals surface area contributed by atoms with Gasteiger partial charge >= 0.3 is 0 Å². The second-order valence-corrected chi connectivity index (χ2v) is 5.05. The molecule has 0 atom stereocenters. The molecule has 0 saturated carbocycles. The Balaban J connectivity index is 1.87. The fraction of sp³-hybridized carbons (Fsp3) is 0.235. The molecule has 0 heterocycles. The molecule has 0 amide bonds. The fourth-order valence-electron chi connectivity index (χ4n) is 2.14. The van der Waals surface area contributed by atoms with Gasteiger partial charge in [0.05, 0.1) is 0 Å². The van der Waals surface area contributed by atoms with Crippen LogP contribution in [0.15, 0.2) is 41.4 Å². The summed E-state index contributed by atoms with van der Waals surface area (Å²) < 4.78 is 53.3. The largest absolute Gasteiger partial charge is 0.356 e. The minimum Gasteiger partial charge on any atom is -0.356 e. The molecule has 2 rings (SSSR count). The molecule has 2 N–H and O–H groups in total. The van der Waals surface area contributed by atoms with Crippen LogP contribution in [0.4, 0.5) is 17.6 Å². The summed E-state index contributed by atoms with van der Waals surface area (Å²) in [4.78, 5) is 3.94. The Labute approximate surface area is 137 Å². The summed E-state index contributed by atoms with van der Waals surface area (Å²) >= 11 is 0. The molecular formula is C17H17F4N3. The third kappa shape index (κ3) is 4.71. The van der Waals surface area contributed by atoms with Crippen molar-refractivity contribution < 1.29 is 17.6 Å². The topological polar surface area (TPSA) is 36.4 Å². The Morgan fingerprint density at radius 2 is 1.75 bits per heavy atom. The first-order valence-electron chi connectivity index (χ1n) is 7.32. The van der Waals surface area contributed by atoms with E-state index in [4.69, 9.17) is 0 Å². The number of benzene rings is 2. The molecule has 0 aliphatic rings. The molecule has 0 aliphatic carbocycles. The molecule has 0 saturated heterocycles. The number of rotatable bonds is 5.